The number of hydrogen-bond donors (Lipinski definition) is 2. The van der Waals surface area contributed by atoms with Crippen LogP contribution in [0.3, 0.4) is 0 Å². The van der Waals surface area contributed by atoms with E-state index >= 15 is 0 Å². The summed E-state index contributed by atoms with van der Waals surface area (Å²) >= 11 is 0. The van der Waals surface area contributed by atoms with Crippen LogP contribution in [0, 0.1) is 6.92 Å². The molecule has 0 bridgehead atoms. The predicted molar refractivity (Wildman–Crippen MR) is 75.4 cm³/mol. The minimum atomic E-state index is -0.193. The molecule has 0 aromatic carbocycles. The molecule has 0 aliphatic carbocycles. The zero-order chi connectivity index (χ0) is 13.8. The van der Waals surface area contributed by atoms with Crippen molar-refractivity contribution >= 4 is 17.7 Å². The Kier molecular flexibility index (Phi) is 4.19. The zero-order valence-electron chi connectivity index (χ0n) is 11.7. The molecule has 104 valence electrons. The minimum absolute atomic E-state index is 0.0468. The fourth-order valence-electron chi connectivity index (χ4n) is 2.11. The maximum atomic E-state index is 11.7. The first-order valence-electron chi connectivity index (χ1n) is 6.75. The van der Waals surface area contributed by atoms with Crippen molar-refractivity contribution in [2.24, 2.45) is 0 Å². The van der Waals surface area contributed by atoms with Gasteiger partial charge < -0.3 is 15.5 Å². The average Bonchev–Trinajstić information content (AvgIpc) is 2.39. The van der Waals surface area contributed by atoms with Gasteiger partial charge in [-0.25, -0.2) is 4.98 Å². The van der Waals surface area contributed by atoms with Gasteiger partial charge in [0.25, 0.3) is 0 Å². The van der Waals surface area contributed by atoms with E-state index in [4.69, 9.17) is 0 Å². The van der Waals surface area contributed by atoms with Crippen LogP contribution in [0.5, 0.6) is 0 Å². The third-order valence-electron chi connectivity index (χ3n) is 3.17. The topological polar surface area (TPSA) is 70.2 Å². The first-order chi connectivity index (χ1) is 9.11. The van der Waals surface area contributed by atoms with Crippen LogP contribution in [-0.4, -0.2) is 41.6 Å². The van der Waals surface area contributed by atoms with Crippen molar-refractivity contribution in [2.75, 3.05) is 29.9 Å². The van der Waals surface area contributed by atoms with E-state index in [2.05, 4.69) is 27.5 Å². The number of nitrogens with zero attached hydrogens (tertiary/aromatic N) is 3. The summed E-state index contributed by atoms with van der Waals surface area (Å²) < 4.78 is 0. The summed E-state index contributed by atoms with van der Waals surface area (Å²) in [7, 11) is 0. The lowest BCUT2D eigenvalue weighted by Gasteiger charge is -2.33. The number of carbonyl (C=O) groups excluding carboxylic acids is 1. The Labute approximate surface area is 113 Å². The monoisotopic (exact) mass is 263 g/mol. The van der Waals surface area contributed by atoms with Gasteiger partial charge in [-0.05, 0) is 20.3 Å². The van der Waals surface area contributed by atoms with Crippen LogP contribution >= 0.6 is 0 Å². The molecule has 1 atom stereocenters. The fraction of sp³-hybridized carbons (Fsp3) is 0.615. The molecule has 0 spiro atoms. The first kappa shape index (κ1) is 13.6. The lowest BCUT2D eigenvalue weighted by atomic mass is 10.2. The van der Waals surface area contributed by atoms with Crippen LogP contribution < -0.4 is 15.5 Å². The van der Waals surface area contributed by atoms with Crippen molar-refractivity contribution in [1.29, 1.82) is 0 Å². The minimum Gasteiger partial charge on any atom is -0.354 e. The molecule has 1 saturated heterocycles. The molecule has 1 aromatic heterocycles. The number of anilines is 2. The molecule has 1 aromatic rings. The van der Waals surface area contributed by atoms with Gasteiger partial charge in [0.15, 0.2) is 0 Å². The van der Waals surface area contributed by atoms with Gasteiger partial charge in [0.05, 0.1) is 0 Å². The Morgan fingerprint density at radius 1 is 1.53 bits per heavy atom. The summed E-state index contributed by atoms with van der Waals surface area (Å²) in [5.41, 5.74) is 0.904. The third kappa shape index (κ3) is 3.13. The zero-order valence-corrected chi connectivity index (χ0v) is 11.7. The molecule has 1 aliphatic heterocycles. The Hall–Kier alpha value is -1.85. The van der Waals surface area contributed by atoms with Crippen LogP contribution in [0.25, 0.3) is 0 Å². The molecule has 1 unspecified atom stereocenters. The molecule has 0 saturated carbocycles. The molecule has 2 N–H and O–H groups in total. The van der Waals surface area contributed by atoms with E-state index in [-0.39, 0.29) is 11.9 Å². The van der Waals surface area contributed by atoms with Crippen molar-refractivity contribution in [2.45, 2.75) is 33.2 Å². The Bertz CT molecular complexity index is 462. The molecule has 1 fully saturated rings. The smallest absolute Gasteiger partial charge is 0.242 e. The van der Waals surface area contributed by atoms with Crippen LogP contribution in [0.2, 0.25) is 0 Å². The van der Waals surface area contributed by atoms with Crippen molar-refractivity contribution in [3.63, 3.8) is 0 Å². The standard InChI is InChI=1S/C13H21N5O/c1-4-5-15-13-16-9(2)8-11(17-13)18-7-6-14-12(19)10(18)3/h8,10H,4-7H2,1-3H3,(H,14,19)(H,15,16,17). The third-order valence-corrected chi connectivity index (χ3v) is 3.17. The van der Waals surface area contributed by atoms with E-state index in [1.807, 2.05) is 24.8 Å². The number of rotatable bonds is 4. The van der Waals surface area contributed by atoms with E-state index in [9.17, 15) is 4.79 Å². The predicted octanol–water partition coefficient (Wildman–Crippen LogP) is 0.932. The second-order valence-corrected chi connectivity index (χ2v) is 4.78. The number of aryl methyl sites for hydroxylation is 1. The van der Waals surface area contributed by atoms with Gasteiger partial charge in [-0.3, -0.25) is 4.79 Å². The maximum absolute atomic E-state index is 11.7. The van der Waals surface area contributed by atoms with Gasteiger partial charge in [-0.1, -0.05) is 6.92 Å². The van der Waals surface area contributed by atoms with E-state index in [0.29, 0.717) is 12.5 Å². The number of hydrogen-bond acceptors (Lipinski definition) is 5. The largest absolute Gasteiger partial charge is 0.354 e. The second kappa shape index (κ2) is 5.86. The summed E-state index contributed by atoms with van der Waals surface area (Å²) in [6.07, 6.45) is 1.02. The number of carbonyl (C=O) groups is 1. The highest BCUT2D eigenvalue weighted by Crippen LogP contribution is 2.18. The lowest BCUT2D eigenvalue weighted by molar-refractivity contribution is -0.122. The highest BCUT2D eigenvalue weighted by molar-refractivity contribution is 5.85. The molecule has 2 heterocycles. The molecule has 19 heavy (non-hydrogen) atoms. The maximum Gasteiger partial charge on any atom is 0.242 e. The number of aromatic nitrogens is 2. The normalized spacial score (nSPS) is 19.2. The van der Waals surface area contributed by atoms with E-state index in [1.165, 1.54) is 0 Å². The highest BCUT2D eigenvalue weighted by atomic mass is 16.2. The van der Waals surface area contributed by atoms with Crippen LogP contribution in [0.15, 0.2) is 6.07 Å². The molecular weight excluding hydrogens is 242 g/mol. The van der Waals surface area contributed by atoms with Gasteiger partial charge in [-0.15, -0.1) is 0 Å². The fourth-order valence-corrected chi connectivity index (χ4v) is 2.11. The quantitative estimate of drug-likeness (QED) is 0.845. The summed E-state index contributed by atoms with van der Waals surface area (Å²) in [6, 6.07) is 1.73. The Morgan fingerprint density at radius 3 is 3.05 bits per heavy atom. The van der Waals surface area contributed by atoms with Crippen LogP contribution in [0.4, 0.5) is 11.8 Å². The van der Waals surface area contributed by atoms with Crippen molar-refractivity contribution in [3.8, 4) is 0 Å². The first-order valence-corrected chi connectivity index (χ1v) is 6.75. The molecule has 1 aliphatic rings. The van der Waals surface area contributed by atoms with Crippen molar-refractivity contribution in [3.05, 3.63) is 11.8 Å². The lowest BCUT2D eigenvalue weighted by Crippen LogP contribution is -2.54. The van der Waals surface area contributed by atoms with Gasteiger partial charge in [-0.2, -0.15) is 4.98 Å². The second-order valence-electron chi connectivity index (χ2n) is 4.78. The number of piperazine rings is 1. The van der Waals surface area contributed by atoms with Gasteiger partial charge in [0, 0.05) is 31.4 Å². The van der Waals surface area contributed by atoms with E-state index < -0.39 is 0 Å². The summed E-state index contributed by atoms with van der Waals surface area (Å²) in [6.45, 7) is 8.21. The van der Waals surface area contributed by atoms with Crippen LogP contribution in [0.1, 0.15) is 26.0 Å². The highest BCUT2D eigenvalue weighted by Gasteiger charge is 2.26. The molecule has 2 rings (SSSR count). The van der Waals surface area contributed by atoms with Crippen LogP contribution in [-0.2, 0) is 4.79 Å². The molecule has 1 amide bonds. The number of nitrogens with one attached hydrogen (secondary N) is 2. The average molecular weight is 263 g/mol. The van der Waals surface area contributed by atoms with E-state index in [0.717, 1.165) is 31.0 Å². The van der Waals surface area contributed by atoms with Gasteiger partial charge in [0.2, 0.25) is 11.9 Å². The van der Waals surface area contributed by atoms with Gasteiger partial charge in [0.1, 0.15) is 11.9 Å². The van der Waals surface area contributed by atoms with Crippen molar-refractivity contribution < 1.29 is 4.79 Å². The summed E-state index contributed by atoms with van der Waals surface area (Å²) in [5, 5.41) is 6.05. The van der Waals surface area contributed by atoms with Gasteiger partial charge >= 0.3 is 0 Å². The Balaban J connectivity index is 2.23. The molecule has 6 nitrogen and oxygen atoms in total. The SMILES string of the molecule is CCCNc1nc(C)cc(N2CCNC(=O)C2C)n1. The number of amides is 1. The van der Waals surface area contributed by atoms with E-state index in [1.54, 1.807) is 0 Å². The summed E-state index contributed by atoms with van der Waals surface area (Å²) in [5.74, 6) is 1.49. The molecular formula is C13H21N5O. The molecule has 0 radical (unpaired) electrons. The molecule has 6 heteroatoms. The van der Waals surface area contributed by atoms with Crippen molar-refractivity contribution in [1.82, 2.24) is 15.3 Å². The Morgan fingerprint density at radius 2 is 2.32 bits per heavy atom. The summed E-state index contributed by atoms with van der Waals surface area (Å²) in [4.78, 5) is 22.6.